The van der Waals surface area contributed by atoms with Gasteiger partial charge >= 0.3 is 0 Å². The van der Waals surface area contributed by atoms with E-state index < -0.39 is 0 Å². The Balaban J connectivity index is 1.94. The van der Waals surface area contributed by atoms with E-state index >= 15 is 0 Å². The topological polar surface area (TPSA) is 20.2 Å². The first-order valence-electron chi connectivity index (χ1n) is 7.64. The van der Waals surface area contributed by atoms with Crippen molar-refractivity contribution in [3.05, 3.63) is 54.6 Å². The third-order valence-corrected chi connectivity index (χ3v) is 7.63. The third-order valence-electron chi connectivity index (χ3n) is 4.19. The average Bonchev–Trinajstić information content (AvgIpc) is 2.58. The maximum Gasteiger partial charge on any atom is 0.0351 e. The molecule has 1 saturated carbocycles. The van der Waals surface area contributed by atoms with Crippen molar-refractivity contribution in [1.29, 1.82) is 0 Å². The summed E-state index contributed by atoms with van der Waals surface area (Å²) in [5, 5.41) is 2.93. The molecule has 0 saturated heterocycles. The lowest BCUT2D eigenvalue weighted by atomic mass is 10.0. The van der Waals surface area contributed by atoms with Crippen molar-refractivity contribution >= 4 is 30.6 Å². The molecule has 1 fully saturated rings. The summed E-state index contributed by atoms with van der Waals surface area (Å²) in [6, 6.07) is 19.5. The molecule has 110 valence electrons. The van der Waals surface area contributed by atoms with Crippen LogP contribution in [-0.2, 0) is 0 Å². The maximum absolute atomic E-state index is 9.15. The van der Waals surface area contributed by atoms with Crippen molar-refractivity contribution in [2.75, 3.05) is 0 Å². The lowest BCUT2D eigenvalue weighted by molar-refractivity contribution is 0.513. The second-order valence-electron chi connectivity index (χ2n) is 5.58. The van der Waals surface area contributed by atoms with E-state index in [1.807, 2.05) is 12.1 Å². The van der Waals surface area contributed by atoms with Crippen LogP contribution in [0.4, 0.5) is 0 Å². The molecular formula is C18H21OPS. The van der Waals surface area contributed by atoms with E-state index in [9.17, 15) is 0 Å². The maximum atomic E-state index is 9.15. The highest BCUT2D eigenvalue weighted by molar-refractivity contribution is 7.93. The van der Waals surface area contributed by atoms with E-state index in [1.54, 1.807) is 0 Å². The molecule has 0 spiro atoms. The lowest BCUT2D eigenvalue weighted by Gasteiger charge is -2.31. The molecule has 1 aliphatic carbocycles. The number of hydrogen-bond acceptors (Lipinski definition) is 2. The van der Waals surface area contributed by atoms with Crippen LogP contribution in [0.2, 0.25) is 0 Å². The highest BCUT2D eigenvalue weighted by Gasteiger charge is 2.26. The van der Waals surface area contributed by atoms with Crippen LogP contribution in [0.5, 0.6) is 0 Å². The van der Waals surface area contributed by atoms with Gasteiger partial charge in [0.05, 0.1) is 0 Å². The third kappa shape index (κ3) is 3.69. The van der Waals surface area contributed by atoms with Gasteiger partial charge in [0.1, 0.15) is 0 Å². The Morgan fingerprint density at radius 1 is 0.810 bits per heavy atom. The van der Waals surface area contributed by atoms with Crippen LogP contribution >= 0.6 is 20.0 Å². The monoisotopic (exact) mass is 316 g/mol. The van der Waals surface area contributed by atoms with Crippen LogP contribution in [0.25, 0.3) is 0 Å². The quantitative estimate of drug-likeness (QED) is 0.631. The standard InChI is InChI=1S/C18H21OPS/c19-21-18-13-11-17(12-14-18)20(15-7-3-1-4-8-15)16-9-5-2-6-10-16/h1,3-4,7-8,11-14,16,19H,2,5-6,9-10H2. The van der Waals surface area contributed by atoms with Gasteiger partial charge in [-0.25, -0.2) is 0 Å². The van der Waals surface area contributed by atoms with Gasteiger partial charge in [-0.2, -0.15) is 0 Å². The molecule has 2 aromatic rings. The second kappa shape index (κ2) is 7.45. The van der Waals surface area contributed by atoms with E-state index in [4.69, 9.17) is 4.55 Å². The van der Waals surface area contributed by atoms with Crippen LogP contribution in [0.3, 0.4) is 0 Å². The van der Waals surface area contributed by atoms with Gasteiger partial charge in [-0.1, -0.05) is 61.7 Å². The highest BCUT2D eigenvalue weighted by atomic mass is 32.2. The molecule has 0 aromatic heterocycles. The Hall–Kier alpha value is -0.820. The molecule has 1 N–H and O–H groups in total. The average molecular weight is 316 g/mol. The van der Waals surface area contributed by atoms with Gasteiger partial charge in [-0.15, -0.1) is 0 Å². The molecule has 0 aliphatic heterocycles. The molecule has 1 unspecified atom stereocenters. The Bertz CT molecular complexity index is 549. The fourth-order valence-electron chi connectivity index (χ4n) is 3.17. The SMILES string of the molecule is OSc1ccc(P(c2ccccc2)C2CCCCC2)cc1. The van der Waals surface area contributed by atoms with Crippen LogP contribution in [0.1, 0.15) is 32.1 Å². The predicted octanol–water partition coefficient (Wildman–Crippen LogP) is 5.02. The molecule has 2 aromatic carbocycles. The second-order valence-corrected chi connectivity index (χ2v) is 8.74. The summed E-state index contributed by atoms with van der Waals surface area (Å²) in [4.78, 5) is 0.922. The molecule has 1 aliphatic rings. The summed E-state index contributed by atoms with van der Waals surface area (Å²) in [5.41, 5.74) is 0.809. The van der Waals surface area contributed by atoms with E-state index in [0.29, 0.717) is 0 Å². The first-order chi connectivity index (χ1) is 10.4. The van der Waals surface area contributed by atoms with E-state index in [0.717, 1.165) is 22.6 Å². The minimum absolute atomic E-state index is 0.277. The minimum atomic E-state index is -0.277. The largest absolute Gasteiger partial charge is 0.325 e. The first-order valence-corrected chi connectivity index (χ1v) is 9.82. The van der Waals surface area contributed by atoms with Crippen LogP contribution < -0.4 is 10.6 Å². The summed E-state index contributed by atoms with van der Waals surface area (Å²) in [6.45, 7) is 0. The van der Waals surface area contributed by atoms with Gasteiger partial charge in [0, 0.05) is 16.9 Å². The zero-order chi connectivity index (χ0) is 14.5. The molecule has 3 heteroatoms. The number of benzene rings is 2. The van der Waals surface area contributed by atoms with Gasteiger partial charge in [-0.3, -0.25) is 0 Å². The highest BCUT2D eigenvalue weighted by Crippen LogP contribution is 2.46. The fourth-order valence-corrected chi connectivity index (χ4v) is 6.41. The summed E-state index contributed by atoms with van der Waals surface area (Å²) >= 11 is 0.828. The van der Waals surface area contributed by atoms with Gasteiger partial charge in [0.2, 0.25) is 0 Å². The van der Waals surface area contributed by atoms with Crippen molar-refractivity contribution in [2.45, 2.75) is 42.7 Å². The minimum Gasteiger partial charge on any atom is -0.325 e. The Labute approximate surface area is 132 Å². The first kappa shape index (κ1) is 15.1. The fraction of sp³-hybridized carbons (Fsp3) is 0.333. The Kier molecular flexibility index (Phi) is 5.35. The molecule has 21 heavy (non-hydrogen) atoms. The molecule has 3 rings (SSSR count). The van der Waals surface area contributed by atoms with Gasteiger partial charge in [-0.05, 0) is 49.2 Å². The van der Waals surface area contributed by atoms with Crippen LogP contribution in [0, 0.1) is 0 Å². The zero-order valence-corrected chi connectivity index (χ0v) is 13.8. The number of hydrogen-bond donors (Lipinski definition) is 1. The molecule has 0 radical (unpaired) electrons. The Morgan fingerprint density at radius 3 is 2.05 bits per heavy atom. The molecule has 1 nitrogen and oxygen atoms in total. The summed E-state index contributed by atoms with van der Waals surface area (Å²) < 4.78 is 9.15. The number of rotatable bonds is 4. The molecule has 1 atom stereocenters. The van der Waals surface area contributed by atoms with Crippen LogP contribution in [-0.4, -0.2) is 10.2 Å². The molecule has 0 heterocycles. The molecular weight excluding hydrogens is 295 g/mol. The molecule has 0 bridgehead atoms. The summed E-state index contributed by atoms with van der Waals surface area (Å²) in [5.74, 6) is 0. The van der Waals surface area contributed by atoms with Crippen LogP contribution in [0.15, 0.2) is 59.5 Å². The normalized spacial score (nSPS) is 17.6. The van der Waals surface area contributed by atoms with E-state index in [1.165, 1.54) is 42.7 Å². The van der Waals surface area contributed by atoms with Crippen molar-refractivity contribution in [3.63, 3.8) is 0 Å². The summed E-state index contributed by atoms with van der Waals surface area (Å²) in [7, 11) is -0.277. The van der Waals surface area contributed by atoms with Crippen molar-refractivity contribution < 1.29 is 4.55 Å². The summed E-state index contributed by atoms with van der Waals surface area (Å²) in [6.07, 6.45) is 6.87. The van der Waals surface area contributed by atoms with E-state index in [-0.39, 0.29) is 7.92 Å². The zero-order valence-electron chi connectivity index (χ0n) is 12.1. The lowest BCUT2D eigenvalue weighted by Crippen LogP contribution is -2.23. The predicted molar refractivity (Wildman–Crippen MR) is 94.4 cm³/mol. The Morgan fingerprint density at radius 2 is 1.43 bits per heavy atom. The van der Waals surface area contributed by atoms with Crippen molar-refractivity contribution in [3.8, 4) is 0 Å². The van der Waals surface area contributed by atoms with Crippen molar-refractivity contribution in [2.24, 2.45) is 0 Å². The smallest absolute Gasteiger partial charge is 0.0351 e. The van der Waals surface area contributed by atoms with E-state index in [2.05, 4.69) is 42.5 Å². The van der Waals surface area contributed by atoms with Gasteiger partial charge in [0.15, 0.2) is 0 Å². The van der Waals surface area contributed by atoms with Gasteiger partial charge < -0.3 is 4.55 Å². The molecule has 0 amide bonds. The van der Waals surface area contributed by atoms with Crippen molar-refractivity contribution in [1.82, 2.24) is 0 Å². The van der Waals surface area contributed by atoms with Gasteiger partial charge in [0.25, 0.3) is 0 Å².